The van der Waals surface area contributed by atoms with E-state index in [4.69, 9.17) is 11.0 Å². The Kier molecular flexibility index (Phi) is 1.74. The zero-order valence-corrected chi connectivity index (χ0v) is 5.78. The van der Waals surface area contributed by atoms with Gasteiger partial charge in [-0.2, -0.15) is 5.26 Å². The van der Waals surface area contributed by atoms with Crippen molar-refractivity contribution in [2.45, 2.75) is 6.04 Å². The number of aromatic nitrogens is 1. The van der Waals surface area contributed by atoms with E-state index in [2.05, 4.69) is 0 Å². The van der Waals surface area contributed by atoms with Crippen LogP contribution in [0.5, 0.6) is 0 Å². The molecule has 0 fully saturated rings. The van der Waals surface area contributed by atoms with E-state index in [1.165, 1.54) is 0 Å². The molecule has 1 aromatic heterocycles. The minimum atomic E-state index is -0.485. The van der Waals surface area contributed by atoms with Crippen LogP contribution in [0, 0.1) is 11.3 Å². The van der Waals surface area contributed by atoms with Crippen molar-refractivity contribution >= 4 is 0 Å². The maximum atomic E-state index is 8.41. The van der Waals surface area contributed by atoms with E-state index in [0.717, 1.165) is 5.56 Å². The molecular formula is C7H9N3. The van der Waals surface area contributed by atoms with Crippen LogP contribution in [-0.4, -0.2) is 4.57 Å². The molecule has 2 N–H and O–H groups in total. The molecule has 1 unspecified atom stereocenters. The Morgan fingerprint density at radius 1 is 1.80 bits per heavy atom. The summed E-state index contributed by atoms with van der Waals surface area (Å²) in [6, 6.07) is 3.32. The Morgan fingerprint density at radius 3 is 2.90 bits per heavy atom. The van der Waals surface area contributed by atoms with Gasteiger partial charge in [0.1, 0.15) is 6.04 Å². The zero-order chi connectivity index (χ0) is 7.56. The van der Waals surface area contributed by atoms with Gasteiger partial charge in [-0.1, -0.05) is 0 Å². The van der Waals surface area contributed by atoms with Gasteiger partial charge in [0.15, 0.2) is 0 Å². The molecule has 0 saturated carbocycles. The third-order valence-corrected chi connectivity index (χ3v) is 1.35. The van der Waals surface area contributed by atoms with Gasteiger partial charge < -0.3 is 10.3 Å². The lowest BCUT2D eigenvalue weighted by Gasteiger charge is -1.95. The molecule has 0 aromatic carbocycles. The topological polar surface area (TPSA) is 54.7 Å². The quantitative estimate of drug-likeness (QED) is 0.611. The number of hydrogen-bond donors (Lipinski definition) is 1. The standard InChI is InChI=1S/C7H9N3/c1-10-3-2-6(5-10)7(9)4-8/h2-3,5,7H,9H2,1H3. The number of nitriles is 1. The predicted molar refractivity (Wildman–Crippen MR) is 38.0 cm³/mol. The van der Waals surface area contributed by atoms with Crippen molar-refractivity contribution in [3.05, 3.63) is 24.0 Å². The van der Waals surface area contributed by atoms with Crippen molar-refractivity contribution in [1.29, 1.82) is 5.26 Å². The molecule has 0 aliphatic carbocycles. The molecule has 0 radical (unpaired) electrons. The van der Waals surface area contributed by atoms with E-state index in [9.17, 15) is 0 Å². The Morgan fingerprint density at radius 2 is 2.50 bits per heavy atom. The van der Waals surface area contributed by atoms with Crippen molar-refractivity contribution in [2.24, 2.45) is 12.8 Å². The second-order valence-electron chi connectivity index (χ2n) is 2.22. The number of nitrogens with zero attached hydrogens (tertiary/aromatic N) is 2. The predicted octanol–water partition coefficient (Wildman–Crippen LogP) is 0.548. The van der Waals surface area contributed by atoms with Crippen molar-refractivity contribution < 1.29 is 0 Å². The Labute approximate surface area is 59.7 Å². The fourth-order valence-electron chi connectivity index (χ4n) is 0.783. The van der Waals surface area contributed by atoms with Gasteiger partial charge in [-0.3, -0.25) is 0 Å². The molecule has 3 heteroatoms. The summed E-state index contributed by atoms with van der Waals surface area (Å²) in [6.45, 7) is 0. The molecule has 52 valence electrons. The Bertz CT molecular complexity index is 256. The third-order valence-electron chi connectivity index (χ3n) is 1.35. The molecule has 0 bridgehead atoms. The summed E-state index contributed by atoms with van der Waals surface area (Å²) >= 11 is 0. The molecule has 1 heterocycles. The molecular weight excluding hydrogens is 126 g/mol. The zero-order valence-electron chi connectivity index (χ0n) is 5.78. The Hall–Kier alpha value is -1.27. The van der Waals surface area contributed by atoms with E-state index in [1.807, 2.05) is 36.1 Å². The fourth-order valence-corrected chi connectivity index (χ4v) is 0.783. The summed E-state index contributed by atoms with van der Waals surface area (Å²) in [4.78, 5) is 0. The molecule has 0 amide bonds. The number of hydrogen-bond acceptors (Lipinski definition) is 2. The van der Waals surface area contributed by atoms with E-state index in [1.54, 1.807) is 0 Å². The number of nitrogens with two attached hydrogens (primary N) is 1. The SMILES string of the molecule is Cn1ccc(C(N)C#N)c1. The number of rotatable bonds is 1. The first-order valence-corrected chi connectivity index (χ1v) is 3.01. The molecule has 1 aromatic rings. The van der Waals surface area contributed by atoms with Gasteiger partial charge in [-0.15, -0.1) is 0 Å². The number of aryl methyl sites for hydroxylation is 1. The Balaban J connectivity index is 2.87. The van der Waals surface area contributed by atoms with Crippen LogP contribution in [0.15, 0.2) is 18.5 Å². The summed E-state index contributed by atoms with van der Waals surface area (Å²) in [5.74, 6) is 0. The van der Waals surface area contributed by atoms with Gasteiger partial charge in [0.25, 0.3) is 0 Å². The highest BCUT2D eigenvalue weighted by atomic mass is 14.9. The first kappa shape index (κ1) is 6.84. The normalized spacial score (nSPS) is 12.5. The lowest BCUT2D eigenvalue weighted by atomic mass is 10.2. The second-order valence-corrected chi connectivity index (χ2v) is 2.22. The summed E-state index contributed by atoms with van der Waals surface area (Å²) in [5, 5.41) is 8.41. The summed E-state index contributed by atoms with van der Waals surface area (Å²) in [6.07, 6.45) is 3.71. The van der Waals surface area contributed by atoms with Crippen LogP contribution in [0.2, 0.25) is 0 Å². The molecule has 0 spiro atoms. The van der Waals surface area contributed by atoms with Crippen LogP contribution < -0.4 is 5.73 Å². The van der Waals surface area contributed by atoms with Gasteiger partial charge in [0.2, 0.25) is 0 Å². The van der Waals surface area contributed by atoms with E-state index < -0.39 is 6.04 Å². The second kappa shape index (κ2) is 2.54. The first-order chi connectivity index (χ1) is 4.74. The van der Waals surface area contributed by atoms with Crippen LogP contribution in [0.25, 0.3) is 0 Å². The van der Waals surface area contributed by atoms with Gasteiger partial charge in [0, 0.05) is 25.0 Å². The monoisotopic (exact) mass is 135 g/mol. The minimum absolute atomic E-state index is 0.485. The highest BCUT2D eigenvalue weighted by molar-refractivity contribution is 5.20. The van der Waals surface area contributed by atoms with Crippen molar-refractivity contribution in [3.8, 4) is 6.07 Å². The fraction of sp³-hybridized carbons (Fsp3) is 0.286. The van der Waals surface area contributed by atoms with Crippen LogP contribution in [0.1, 0.15) is 11.6 Å². The molecule has 0 aliphatic rings. The summed E-state index contributed by atoms with van der Waals surface area (Å²) < 4.78 is 1.87. The average Bonchev–Trinajstić information content (AvgIpc) is 2.34. The van der Waals surface area contributed by atoms with Gasteiger partial charge >= 0.3 is 0 Å². The van der Waals surface area contributed by atoms with Crippen molar-refractivity contribution in [3.63, 3.8) is 0 Å². The summed E-state index contributed by atoms with van der Waals surface area (Å²) in [5.41, 5.74) is 6.30. The third kappa shape index (κ3) is 1.17. The average molecular weight is 135 g/mol. The molecule has 1 rings (SSSR count). The maximum Gasteiger partial charge on any atom is 0.120 e. The molecule has 3 nitrogen and oxygen atoms in total. The van der Waals surface area contributed by atoms with Crippen molar-refractivity contribution in [2.75, 3.05) is 0 Å². The van der Waals surface area contributed by atoms with Crippen LogP contribution in [-0.2, 0) is 7.05 Å². The van der Waals surface area contributed by atoms with Gasteiger partial charge in [-0.25, -0.2) is 0 Å². The molecule has 1 atom stereocenters. The molecule has 10 heavy (non-hydrogen) atoms. The smallest absolute Gasteiger partial charge is 0.120 e. The van der Waals surface area contributed by atoms with Gasteiger partial charge in [-0.05, 0) is 6.07 Å². The lowest BCUT2D eigenvalue weighted by Crippen LogP contribution is -2.05. The highest BCUT2D eigenvalue weighted by Gasteiger charge is 2.03. The summed E-state index contributed by atoms with van der Waals surface area (Å²) in [7, 11) is 1.90. The first-order valence-electron chi connectivity index (χ1n) is 3.01. The molecule has 0 saturated heterocycles. The maximum absolute atomic E-state index is 8.41. The van der Waals surface area contributed by atoms with Crippen LogP contribution >= 0.6 is 0 Å². The van der Waals surface area contributed by atoms with Crippen molar-refractivity contribution in [1.82, 2.24) is 4.57 Å². The highest BCUT2D eigenvalue weighted by Crippen LogP contribution is 2.07. The van der Waals surface area contributed by atoms with Crippen LogP contribution in [0.4, 0.5) is 0 Å². The molecule has 0 aliphatic heterocycles. The van der Waals surface area contributed by atoms with Crippen LogP contribution in [0.3, 0.4) is 0 Å². The van der Waals surface area contributed by atoms with E-state index >= 15 is 0 Å². The largest absolute Gasteiger partial charge is 0.357 e. The minimum Gasteiger partial charge on any atom is -0.357 e. The lowest BCUT2D eigenvalue weighted by molar-refractivity contribution is 0.887. The van der Waals surface area contributed by atoms with E-state index in [-0.39, 0.29) is 0 Å². The van der Waals surface area contributed by atoms with Gasteiger partial charge in [0.05, 0.1) is 6.07 Å². The van der Waals surface area contributed by atoms with E-state index in [0.29, 0.717) is 0 Å².